The fourth-order valence-electron chi connectivity index (χ4n) is 0.407. The molecule has 1 unspecified atom stereocenters. The summed E-state index contributed by atoms with van der Waals surface area (Å²) in [6.45, 7) is 4.83. The molecule has 0 aromatic heterocycles. The number of rotatable bonds is 3. The van der Waals surface area contributed by atoms with Crippen molar-refractivity contribution in [2.45, 2.75) is 11.7 Å². The van der Waals surface area contributed by atoms with Crippen LogP contribution < -0.4 is 0 Å². The van der Waals surface area contributed by atoms with Crippen LogP contribution in [0, 0.1) is 6.92 Å². The van der Waals surface area contributed by atoms with Gasteiger partial charge in [-0.05, 0) is 34.0 Å². The molecule has 0 aliphatic heterocycles. The van der Waals surface area contributed by atoms with Crippen LogP contribution >= 0.6 is 12.6 Å². The summed E-state index contributed by atoms with van der Waals surface area (Å²) in [5.74, 6) is 0. The molecule has 0 N–H and O–H groups in total. The molecule has 0 fully saturated rings. The highest BCUT2D eigenvalue weighted by Crippen LogP contribution is 1.97. The van der Waals surface area contributed by atoms with Gasteiger partial charge in [0.25, 0.3) is 0 Å². The molecule has 0 aromatic rings. The molecule has 0 rings (SSSR count). The molecule has 0 aromatic carbocycles. The summed E-state index contributed by atoms with van der Waals surface area (Å²) in [5.41, 5.74) is 0. The van der Waals surface area contributed by atoms with Gasteiger partial charge in [0.05, 0.1) is 0 Å². The van der Waals surface area contributed by atoms with Crippen LogP contribution in [-0.4, -0.2) is 30.8 Å². The van der Waals surface area contributed by atoms with E-state index in [0.717, 1.165) is 13.0 Å². The first-order valence-electron chi connectivity index (χ1n) is 2.79. The van der Waals surface area contributed by atoms with Crippen molar-refractivity contribution in [3.63, 3.8) is 0 Å². The van der Waals surface area contributed by atoms with Crippen molar-refractivity contribution in [1.82, 2.24) is 4.90 Å². The Morgan fingerprint density at radius 2 is 2.12 bits per heavy atom. The minimum absolute atomic E-state index is 0.289. The molecular formula is C6H14NS. The molecule has 0 spiro atoms. The molecule has 0 heterocycles. The van der Waals surface area contributed by atoms with Crippen molar-refractivity contribution >= 4 is 12.6 Å². The van der Waals surface area contributed by atoms with E-state index >= 15 is 0 Å². The standard InChI is InChI=1S/C6H14NS/c1-6(8)4-5-7(2)3/h6,8H,1,4-5H2,2-3H3. The first-order valence-corrected chi connectivity index (χ1v) is 3.30. The second kappa shape index (κ2) is 4.21. The van der Waals surface area contributed by atoms with Crippen molar-refractivity contribution in [2.24, 2.45) is 0 Å². The van der Waals surface area contributed by atoms with Crippen LogP contribution in [0.5, 0.6) is 0 Å². The first kappa shape index (κ1) is 8.31. The van der Waals surface area contributed by atoms with Gasteiger partial charge in [0.2, 0.25) is 0 Å². The average Bonchev–Trinajstić information content (AvgIpc) is 1.61. The Morgan fingerprint density at radius 1 is 1.62 bits per heavy atom. The fourth-order valence-corrected chi connectivity index (χ4v) is 0.523. The van der Waals surface area contributed by atoms with Gasteiger partial charge in [0.1, 0.15) is 0 Å². The lowest BCUT2D eigenvalue weighted by molar-refractivity contribution is 0.403. The topological polar surface area (TPSA) is 3.24 Å². The Labute approximate surface area is 57.5 Å². The second-order valence-corrected chi connectivity index (χ2v) is 2.98. The van der Waals surface area contributed by atoms with Gasteiger partial charge in [-0.1, -0.05) is 0 Å². The monoisotopic (exact) mass is 132 g/mol. The predicted molar refractivity (Wildman–Crippen MR) is 41.3 cm³/mol. The zero-order valence-electron chi connectivity index (χ0n) is 5.59. The van der Waals surface area contributed by atoms with E-state index < -0.39 is 0 Å². The van der Waals surface area contributed by atoms with Crippen LogP contribution in [0.25, 0.3) is 0 Å². The summed E-state index contributed by atoms with van der Waals surface area (Å²) in [7, 11) is 4.10. The third-order valence-electron chi connectivity index (χ3n) is 0.910. The van der Waals surface area contributed by atoms with E-state index in [0.29, 0.717) is 0 Å². The molecule has 0 saturated heterocycles. The summed E-state index contributed by atoms with van der Waals surface area (Å²) in [6, 6.07) is 0. The normalized spacial score (nSPS) is 14.6. The highest BCUT2D eigenvalue weighted by Gasteiger charge is 1.94. The Hall–Kier alpha value is 0.310. The van der Waals surface area contributed by atoms with Gasteiger partial charge in [-0.15, -0.1) is 0 Å². The SMILES string of the molecule is [CH2]C(S)CCN(C)C. The van der Waals surface area contributed by atoms with Crippen LogP contribution in [0.3, 0.4) is 0 Å². The minimum Gasteiger partial charge on any atom is -0.309 e. The average molecular weight is 132 g/mol. The number of thiol groups is 1. The van der Waals surface area contributed by atoms with E-state index in [1.807, 2.05) is 0 Å². The second-order valence-electron chi connectivity index (χ2n) is 2.25. The van der Waals surface area contributed by atoms with Gasteiger partial charge in [-0.2, -0.15) is 12.6 Å². The Bertz CT molecular complexity index is 44.5. The van der Waals surface area contributed by atoms with E-state index in [-0.39, 0.29) is 5.25 Å². The first-order chi connectivity index (χ1) is 3.63. The van der Waals surface area contributed by atoms with E-state index in [1.165, 1.54) is 0 Å². The molecular weight excluding hydrogens is 118 g/mol. The lowest BCUT2D eigenvalue weighted by Gasteiger charge is -2.09. The smallest absolute Gasteiger partial charge is 0.00293 e. The molecule has 1 atom stereocenters. The van der Waals surface area contributed by atoms with Crippen LogP contribution in [0.15, 0.2) is 0 Å². The zero-order chi connectivity index (χ0) is 6.57. The minimum atomic E-state index is 0.289. The Balaban J connectivity index is 2.93. The third kappa shape index (κ3) is 6.31. The van der Waals surface area contributed by atoms with Crippen LogP contribution in [0.2, 0.25) is 0 Å². The maximum atomic E-state index is 4.13. The summed E-state index contributed by atoms with van der Waals surface area (Å²) < 4.78 is 0. The highest BCUT2D eigenvalue weighted by atomic mass is 32.1. The van der Waals surface area contributed by atoms with Crippen LogP contribution in [-0.2, 0) is 0 Å². The number of nitrogens with zero attached hydrogens (tertiary/aromatic N) is 1. The summed E-state index contributed by atoms with van der Waals surface area (Å²) >= 11 is 4.13. The van der Waals surface area contributed by atoms with Gasteiger partial charge >= 0.3 is 0 Å². The van der Waals surface area contributed by atoms with Crippen molar-refractivity contribution in [2.75, 3.05) is 20.6 Å². The molecule has 0 amide bonds. The summed E-state index contributed by atoms with van der Waals surface area (Å²) in [4.78, 5) is 2.13. The maximum absolute atomic E-state index is 4.13. The van der Waals surface area contributed by atoms with Crippen molar-refractivity contribution in [1.29, 1.82) is 0 Å². The van der Waals surface area contributed by atoms with Crippen molar-refractivity contribution in [3.05, 3.63) is 6.92 Å². The third-order valence-corrected chi connectivity index (χ3v) is 1.17. The molecule has 1 nitrogen and oxygen atoms in total. The summed E-state index contributed by atoms with van der Waals surface area (Å²) in [6.07, 6.45) is 1.07. The summed E-state index contributed by atoms with van der Waals surface area (Å²) in [5, 5.41) is 0.289. The molecule has 1 radical (unpaired) electrons. The fraction of sp³-hybridized carbons (Fsp3) is 0.833. The van der Waals surface area contributed by atoms with E-state index in [4.69, 9.17) is 0 Å². The van der Waals surface area contributed by atoms with Gasteiger partial charge in [0, 0.05) is 5.25 Å². The van der Waals surface area contributed by atoms with Gasteiger partial charge < -0.3 is 4.90 Å². The van der Waals surface area contributed by atoms with Crippen LogP contribution in [0.1, 0.15) is 6.42 Å². The molecule has 49 valence electrons. The number of hydrogen-bond donors (Lipinski definition) is 1. The lowest BCUT2D eigenvalue weighted by Crippen LogP contribution is -2.15. The van der Waals surface area contributed by atoms with Crippen molar-refractivity contribution in [3.8, 4) is 0 Å². The van der Waals surface area contributed by atoms with Gasteiger partial charge in [-0.3, -0.25) is 0 Å². The lowest BCUT2D eigenvalue weighted by atomic mass is 10.3. The zero-order valence-corrected chi connectivity index (χ0v) is 6.49. The largest absolute Gasteiger partial charge is 0.309 e. The van der Waals surface area contributed by atoms with Crippen LogP contribution in [0.4, 0.5) is 0 Å². The van der Waals surface area contributed by atoms with Gasteiger partial charge in [0.15, 0.2) is 0 Å². The molecule has 0 bridgehead atoms. The van der Waals surface area contributed by atoms with E-state index in [9.17, 15) is 0 Å². The van der Waals surface area contributed by atoms with E-state index in [2.05, 4.69) is 38.5 Å². The Morgan fingerprint density at radius 3 is 2.25 bits per heavy atom. The molecule has 0 saturated carbocycles. The molecule has 0 aliphatic rings. The number of hydrogen-bond acceptors (Lipinski definition) is 2. The Kier molecular flexibility index (Phi) is 4.38. The van der Waals surface area contributed by atoms with E-state index in [1.54, 1.807) is 0 Å². The molecule has 2 heteroatoms. The molecule has 0 aliphatic carbocycles. The van der Waals surface area contributed by atoms with Gasteiger partial charge in [-0.25, -0.2) is 0 Å². The quantitative estimate of drug-likeness (QED) is 0.562. The highest BCUT2D eigenvalue weighted by molar-refractivity contribution is 7.81. The predicted octanol–water partition coefficient (Wildman–Crippen LogP) is 1.07. The van der Waals surface area contributed by atoms with Crippen molar-refractivity contribution < 1.29 is 0 Å². The maximum Gasteiger partial charge on any atom is 0.00293 e. The molecule has 8 heavy (non-hydrogen) atoms.